The van der Waals surface area contributed by atoms with Gasteiger partial charge in [0.15, 0.2) is 0 Å². The first kappa shape index (κ1) is 14.0. The Hall–Kier alpha value is -1.93. The molecule has 0 bridgehead atoms. The number of aliphatic hydroxyl groups is 1. The summed E-state index contributed by atoms with van der Waals surface area (Å²) in [6, 6.07) is 0. The largest absolute Gasteiger partial charge is 0.387 e. The van der Waals surface area contributed by atoms with Crippen LogP contribution in [0, 0.1) is 11.6 Å². The molecule has 1 fully saturated rings. The van der Waals surface area contributed by atoms with Gasteiger partial charge < -0.3 is 5.11 Å². The molecule has 1 saturated heterocycles. The molecule has 1 N–H and O–H groups in total. The molecule has 0 radical (unpaired) electrons. The smallest absolute Gasteiger partial charge is 0.148 e. The number of rotatable bonds is 4. The molecule has 1 aliphatic heterocycles. The number of hydrogen-bond donors (Lipinski definition) is 1. The zero-order valence-corrected chi connectivity index (χ0v) is 11.3. The van der Waals surface area contributed by atoms with Crippen molar-refractivity contribution in [2.75, 3.05) is 13.1 Å². The van der Waals surface area contributed by atoms with Crippen LogP contribution in [-0.4, -0.2) is 48.7 Å². The fourth-order valence-electron chi connectivity index (χ4n) is 2.64. The van der Waals surface area contributed by atoms with Gasteiger partial charge in [-0.3, -0.25) is 9.88 Å². The predicted molar refractivity (Wildman–Crippen MR) is 69.0 cm³/mol. The van der Waals surface area contributed by atoms with E-state index in [2.05, 4.69) is 15.3 Å². The maximum atomic E-state index is 13.6. The second kappa shape index (κ2) is 5.45. The van der Waals surface area contributed by atoms with Crippen molar-refractivity contribution in [3.8, 4) is 0 Å². The van der Waals surface area contributed by atoms with E-state index in [0.29, 0.717) is 26.1 Å². The Bertz CT molecular complexity index is 601. The fraction of sp³-hybridized carbons (Fsp3) is 0.462. The maximum Gasteiger partial charge on any atom is 0.148 e. The summed E-state index contributed by atoms with van der Waals surface area (Å²) in [5.74, 6) is -1.33. The maximum absolute atomic E-state index is 13.6. The van der Waals surface area contributed by atoms with Gasteiger partial charge in [0.25, 0.3) is 0 Å². The Morgan fingerprint density at radius 2 is 2.05 bits per heavy atom. The highest BCUT2D eigenvalue weighted by Gasteiger charge is 2.37. The Labute approximate surface area is 120 Å². The Morgan fingerprint density at radius 1 is 1.29 bits per heavy atom. The van der Waals surface area contributed by atoms with E-state index in [1.165, 1.54) is 6.20 Å². The molecule has 112 valence electrons. The van der Waals surface area contributed by atoms with Crippen LogP contribution in [0.25, 0.3) is 0 Å². The number of aromatic nitrogens is 4. The first-order valence-electron chi connectivity index (χ1n) is 6.62. The van der Waals surface area contributed by atoms with Gasteiger partial charge in [-0.05, 0) is 6.42 Å². The standard InChI is InChI=1S/C13H15F2N5O/c14-11-5-16-6-12(15)10(11)7-19-3-1-13(21,8-19)9-20-4-2-17-18-20/h2,4-6,21H,1,3,7-9H2. The van der Waals surface area contributed by atoms with E-state index in [4.69, 9.17) is 0 Å². The summed E-state index contributed by atoms with van der Waals surface area (Å²) in [7, 11) is 0. The van der Waals surface area contributed by atoms with Gasteiger partial charge in [0.1, 0.15) is 11.6 Å². The van der Waals surface area contributed by atoms with Crippen LogP contribution in [-0.2, 0) is 13.1 Å². The number of likely N-dealkylation sites (tertiary alicyclic amines) is 1. The molecule has 0 aromatic carbocycles. The highest BCUT2D eigenvalue weighted by atomic mass is 19.1. The Morgan fingerprint density at radius 3 is 2.71 bits per heavy atom. The first-order valence-corrected chi connectivity index (χ1v) is 6.62. The van der Waals surface area contributed by atoms with Crippen LogP contribution in [0.3, 0.4) is 0 Å². The zero-order chi connectivity index (χ0) is 14.9. The molecule has 1 aliphatic rings. The summed E-state index contributed by atoms with van der Waals surface area (Å²) in [6.07, 6.45) is 5.72. The third-order valence-corrected chi connectivity index (χ3v) is 3.67. The number of halogens is 2. The summed E-state index contributed by atoms with van der Waals surface area (Å²) in [4.78, 5) is 5.28. The molecular formula is C13H15F2N5O. The highest BCUT2D eigenvalue weighted by Crippen LogP contribution is 2.25. The lowest BCUT2D eigenvalue weighted by Crippen LogP contribution is -2.37. The number of pyridine rings is 1. The number of nitrogens with zero attached hydrogens (tertiary/aromatic N) is 5. The van der Waals surface area contributed by atoms with E-state index < -0.39 is 17.2 Å². The summed E-state index contributed by atoms with van der Waals surface area (Å²) >= 11 is 0. The fourth-order valence-corrected chi connectivity index (χ4v) is 2.64. The van der Waals surface area contributed by atoms with E-state index in [1.807, 2.05) is 4.90 Å². The van der Waals surface area contributed by atoms with Crippen molar-refractivity contribution in [3.05, 3.63) is 42.0 Å². The van der Waals surface area contributed by atoms with Crippen molar-refractivity contribution in [1.82, 2.24) is 24.9 Å². The first-order chi connectivity index (χ1) is 10.1. The second-order valence-electron chi connectivity index (χ2n) is 5.37. The summed E-state index contributed by atoms with van der Waals surface area (Å²) < 4.78 is 28.7. The average Bonchev–Trinajstić information content (AvgIpc) is 3.05. The molecular weight excluding hydrogens is 280 g/mol. The molecule has 3 heterocycles. The number of β-amino-alcohol motifs (C(OH)–C–C–N with tert-alkyl or cyclic N) is 1. The molecule has 2 aromatic heterocycles. The van der Waals surface area contributed by atoms with Gasteiger partial charge in [0.05, 0.1) is 30.7 Å². The normalized spacial score (nSPS) is 22.8. The minimum absolute atomic E-state index is 0.0185. The predicted octanol–water partition coefficient (Wildman–Crippen LogP) is 0.588. The minimum atomic E-state index is -0.965. The molecule has 2 aromatic rings. The lowest BCUT2D eigenvalue weighted by Gasteiger charge is -2.23. The average molecular weight is 295 g/mol. The quantitative estimate of drug-likeness (QED) is 0.894. The van der Waals surface area contributed by atoms with E-state index in [0.717, 1.165) is 12.4 Å². The third-order valence-electron chi connectivity index (χ3n) is 3.67. The Balaban J connectivity index is 1.67. The molecule has 8 heteroatoms. The highest BCUT2D eigenvalue weighted by molar-refractivity contribution is 5.15. The van der Waals surface area contributed by atoms with Gasteiger partial charge in [0.2, 0.25) is 0 Å². The molecule has 1 atom stereocenters. The van der Waals surface area contributed by atoms with Crippen molar-refractivity contribution in [2.24, 2.45) is 0 Å². The van der Waals surface area contributed by atoms with Gasteiger partial charge in [-0.15, -0.1) is 5.10 Å². The van der Waals surface area contributed by atoms with Gasteiger partial charge in [-0.2, -0.15) is 0 Å². The van der Waals surface area contributed by atoms with Crippen LogP contribution in [0.2, 0.25) is 0 Å². The molecule has 0 aliphatic carbocycles. The van der Waals surface area contributed by atoms with Crippen LogP contribution in [0.15, 0.2) is 24.8 Å². The Kier molecular flexibility index (Phi) is 3.64. The summed E-state index contributed by atoms with van der Waals surface area (Å²) in [5.41, 5.74) is -0.983. The van der Waals surface area contributed by atoms with Crippen LogP contribution in [0.4, 0.5) is 8.78 Å². The monoisotopic (exact) mass is 295 g/mol. The molecule has 1 unspecified atom stereocenters. The number of hydrogen-bond acceptors (Lipinski definition) is 5. The van der Waals surface area contributed by atoms with Gasteiger partial charge in [-0.25, -0.2) is 13.5 Å². The van der Waals surface area contributed by atoms with E-state index in [9.17, 15) is 13.9 Å². The SMILES string of the molecule is OC1(Cn2ccnn2)CCN(Cc2c(F)cncc2F)C1. The zero-order valence-electron chi connectivity index (χ0n) is 11.3. The molecule has 21 heavy (non-hydrogen) atoms. The lowest BCUT2D eigenvalue weighted by atomic mass is 10.0. The van der Waals surface area contributed by atoms with Crippen molar-refractivity contribution in [2.45, 2.75) is 25.1 Å². The summed E-state index contributed by atoms with van der Waals surface area (Å²) in [6.45, 7) is 1.31. The lowest BCUT2D eigenvalue weighted by molar-refractivity contribution is 0.0272. The minimum Gasteiger partial charge on any atom is -0.387 e. The van der Waals surface area contributed by atoms with Gasteiger partial charge in [-0.1, -0.05) is 5.21 Å². The van der Waals surface area contributed by atoms with Gasteiger partial charge >= 0.3 is 0 Å². The van der Waals surface area contributed by atoms with Crippen molar-refractivity contribution in [1.29, 1.82) is 0 Å². The van der Waals surface area contributed by atoms with E-state index in [1.54, 1.807) is 10.9 Å². The van der Waals surface area contributed by atoms with Crippen molar-refractivity contribution < 1.29 is 13.9 Å². The van der Waals surface area contributed by atoms with E-state index >= 15 is 0 Å². The summed E-state index contributed by atoms with van der Waals surface area (Å²) in [5, 5.41) is 18.0. The van der Waals surface area contributed by atoms with Crippen molar-refractivity contribution >= 4 is 0 Å². The van der Waals surface area contributed by atoms with Crippen LogP contribution < -0.4 is 0 Å². The third kappa shape index (κ3) is 3.06. The molecule has 0 amide bonds. The van der Waals surface area contributed by atoms with E-state index in [-0.39, 0.29) is 12.1 Å². The molecule has 0 spiro atoms. The molecule has 0 saturated carbocycles. The van der Waals surface area contributed by atoms with Crippen LogP contribution in [0.1, 0.15) is 12.0 Å². The molecule has 3 rings (SSSR count). The van der Waals surface area contributed by atoms with Gasteiger partial charge in [0, 0.05) is 31.4 Å². The molecule has 6 nitrogen and oxygen atoms in total. The second-order valence-corrected chi connectivity index (χ2v) is 5.37. The van der Waals surface area contributed by atoms with Crippen LogP contribution >= 0.6 is 0 Å². The van der Waals surface area contributed by atoms with Crippen molar-refractivity contribution in [3.63, 3.8) is 0 Å². The topological polar surface area (TPSA) is 67.1 Å². The van der Waals surface area contributed by atoms with Crippen LogP contribution in [0.5, 0.6) is 0 Å².